The van der Waals surface area contributed by atoms with Crippen molar-refractivity contribution in [2.45, 2.75) is 25.3 Å². The monoisotopic (exact) mass is 439 g/mol. The average molecular weight is 440 g/mol. The Hall–Kier alpha value is -1.76. The fraction of sp³-hybridized carbons (Fsp3) is 0.524. The van der Waals surface area contributed by atoms with Crippen LogP contribution in [0, 0.1) is 0 Å². The Morgan fingerprint density at radius 1 is 1.14 bits per heavy atom. The number of carbonyl (C=O) groups is 2. The first-order chi connectivity index (χ1) is 13.9. The van der Waals surface area contributed by atoms with E-state index in [-0.39, 0.29) is 11.8 Å². The summed E-state index contributed by atoms with van der Waals surface area (Å²) in [6.07, 6.45) is 3.31. The minimum absolute atomic E-state index is 0.000884. The lowest BCUT2D eigenvalue weighted by atomic mass is 10.1. The minimum Gasteiger partial charge on any atom is -0.496 e. The number of aryl methyl sites for hydroxylation is 1. The second-order valence-corrected chi connectivity index (χ2v) is 8.24. The third kappa shape index (κ3) is 5.24. The van der Waals surface area contributed by atoms with Crippen LogP contribution < -0.4 is 4.74 Å². The lowest BCUT2D eigenvalue weighted by Gasteiger charge is -2.38. The van der Waals surface area contributed by atoms with Crippen LogP contribution in [0.5, 0.6) is 5.75 Å². The van der Waals surface area contributed by atoms with E-state index in [9.17, 15) is 9.59 Å². The lowest BCUT2D eigenvalue weighted by molar-refractivity contribution is -0.133. The van der Waals surface area contributed by atoms with E-state index in [4.69, 9.17) is 27.9 Å². The van der Waals surface area contributed by atoms with Gasteiger partial charge in [0.2, 0.25) is 11.8 Å². The summed E-state index contributed by atoms with van der Waals surface area (Å²) < 4.78 is 5.35. The van der Waals surface area contributed by atoms with Gasteiger partial charge in [-0.1, -0.05) is 29.8 Å². The first kappa shape index (κ1) is 21.9. The zero-order valence-corrected chi connectivity index (χ0v) is 18.2. The van der Waals surface area contributed by atoms with E-state index in [1.165, 1.54) is 6.08 Å². The van der Waals surface area contributed by atoms with Crippen LogP contribution in [-0.4, -0.2) is 78.9 Å². The molecule has 0 saturated carbocycles. The van der Waals surface area contributed by atoms with Crippen molar-refractivity contribution >= 4 is 35.0 Å². The van der Waals surface area contributed by atoms with Crippen LogP contribution in [0.4, 0.5) is 0 Å². The van der Waals surface area contributed by atoms with Crippen LogP contribution in [0.15, 0.2) is 24.8 Å². The Kier molecular flexibility index (Phi) is 7.44. The maximum atomic E-state index is 12.7. The standard InChI is InChI=1S/C21H27Cl2N3O3/c1-3-20(27)26-7-6-16(14-26)24-8-10-25(11-9-24)21(28)5-4-15-12-17(22)18(23)13-19(15)29-2/h3,12-13,16H,1,4-11,14H2,2H3. The zero-order valence-electron chi connectivity index (χ0n) is 16.7. The Morgan fingerprint density at radius 3 is 2.48 bits per heavy atom. The van der Waals surface area contributed by atoms with Crippen molar-refractivity contribution in [3.63, 3.8) is 0 Å². The number of amides is 2. The summed E-state index contributed by atoms with van der Waals surface area (Å²) in [5, 5.41) is 0.902. The molecular weight excluding hydrogens is 413 g/mol. The second kappa shape index (κ2) is 9.83. The third-order valence-electron chi connectivity index (χ3n) is 5.76. The van der Waals surface area contributed by atoms with Gasteiger partial charge in [0.05, 0.1) is 17.2 Å². The van der Waals surface area contributed by atoms with Crippen molar-refractivity contribution in [3.8, 4) is 5.75 Å². The minimum atomic E-state index is -0.000884. The predicted octanol–water partition coefficient (Wildman–Crippen LogP) is 2.87. The molecule has 29 heavy (non-hydrogen) atoms. The Bertz CT molecular complexity index is 779. The van der Waals surface area contributed by atoms with E-state index in [0.29, 0.717) is 47.8 Å². The topological polar surface area (TPSA) is 53.1 Å². The predicted molar refractivity (Wildman–Crippen MR) is 115 cm³/mol. The number of carbonyl (C=O) groups excluding carboxylic acids is 2. The number of rotatable bonds is 6. The molecule has 3 rings (SSSR count). The van der Waals surface area contributed by atoms with Gasteiger partial charge in [0, 0.05) is 57.8 Å². The highest BCUT2D eigenvalue weighted by Crippen LogP contribution is 2.31. The van der Waals surface area contributed by atoms with Crippen LogP contribution in [0.2, 0.25) is 10.0 Å². The van der Waals surface area contributed by atoms with Gasteiger partial charge in [0.25, 0.3) is 0 Å². The average Bonchev–Trinajstić information content (AvgIpc) is 3.23. The van der Waals surface area contributed by atoms with Gasteiger partial charge in [-0.2, -0.15) is 0 Å². The quantitative estimate of drug-likeness (QED) is 0.639. The fourth-order valence-corrected chi connectivity index (χ4v) is 4.40. The fourth-order valence-electron chi connectivity index (χ4n) is 4.06. The van der Waals surface area contributed by atoms with Gasteiger partial charge in [-0.3, -0.25) is 14.5 Å². The van der Waals surface area contributed by atoms with Crippen molar-refractivity contribution < 1.29 is 14.3 Å². The first-order valence-electron chi connectivity index (χ1n) is 9.88. The van der Waals surface area contributed by atoms with Crippen LogP contribution in [-0.2, 0) is 16.0 Å². The number of ether oxygens (including phenoxy) is 1. The summed E-state index contributed by atoms with van der Waals surface area (Å²) in [5.41, 5.74) is 0.881. The summed E-state index contributed by atoms with van der Waals surface area (Å²) in [5.74, 6) is 0.781. The largest absolute Gasteiger partial charge is 0.496 e. The molecule has 2 aliphatic heterocycles. The highest BCUT2D eigenvalue weighted by Gasteiger charge is 2.32. The van der Waals surface area contributed by atoms with Crippen molar-refractivity contribution in [3.05, 3.63) is 40.4 Å². The first-order valence-corrected chi connectivity index (χ1v) is 10.6. The number of nitrogens with zero attached hydrogens (tertiary/aromatic N) is 3. The third-order valence-corrected chi connectivity index (χ3v) is 6.49. The molecule has 0 spiro atoms. The molecule has 0 bridgehead atoms. The maximum Gasteiger partial charge on any atom is 0.246 e. The van der Waals surface area contributed by atoms with Gasteiger partial charge in [0.1, 0.15) is 5.75 Å². The Balaban J connectivity index is 1.48. The second-order valence-electron chi connectivity index (χ2n) is 7.43. The van der Waals surface area contributed by atoms with E-state index >= 15 is 0 Å². The smallest absolute Gasteiger partial charge is 0.246 e. The molecule has 1 atom stereocenters. The van der Waals surface area contributed by atoms with E-state index in [0.717, 1.165) is 38.2 Å². The van der Waals surface area contributed by atoms with Crippen molar-refractivity contribution in [2.24, 2.45) is 0 Å². The molecule has 2 amide bonds. The molecule has 0 aliphatic carbocycles. The number of piperazine rings is 1. The highest BCUT2D eigenvalue weighted by atomic mass is 35.5. The van der Waals surface area contributed by atoms with Crippen LogP contribution in [0.3, 0.4) is 0 Å². The maximum absolute atomic E-state index is 12.7. The molecular formula is C21H27Cl2N3O3. The van der Waals surface area contributed by atoms with E-state index < -0.39 is 0 Å². The van der Waals surface area contributed by atoms with Gasteiger partial charge in [-0.05, 0) is 30.5 Å². The molecule has 6 nitrogen and oxygen atoms in total. The summed E-state index contributed by atoms with van der Waals surface area (Å²) in [6, 6.07) is 3.83. The number of methoxy groups -OCH3 is 1. The molecule has 2 fully saturated rings. The number of benzene rings is 1. The van der Waals surface area contributed by atoms with Gasteiger partial charge >= 0.3 is 0 Å². The van der Waals surface area contributed by atoms with Gasteiger partial charge in [-0.15, -0.1) is 0 Å². The van der Waals surface area contributed by atoms with E-state index in [2.05, 4.69) is 11.5 Å². The van der Waals surface area contributed by atoms with E-state index in [1.54, 1.807) is 19.2 Å². The van der Waals surface area contributed by atoms with Gasteiger partial charge < -0.3 is 14.5 Å². The molecule has 1 aromatic carbocycles. The molecule has 158 valence electrons. The number of hydrogen-bond donors (Lipinski definition) is 0. The number of hydrogen-bond acceptors (Lipinski definition) is 4. The normalized spacial score (nSPS) is 20.0. The Labute approximate surface area is 182 Å². The summed E-state index contributed by atoms with van der Waals surface area (Å²) in [6.45, 7) is 8.18. The van der Waals surface area contributed by atoms with Crippen molar-refractivity contribution in [1.82, 2.24) is 14.7 Å². The molecule has 0 aromatic heterocycles. The molecule has 1 unspecified atom stereocenters. The number of likely N-dealkylation sites (tertiary alicyclic amines) is 1. The lowest BCUT2D eigenvalue weighted by Crippen LogP contribution is -2.52. The molecule has 2 aliphatic rings. The summed E-state index contributed by atoms with van der Waals surface area (Å²) >= 11 is 12.1. The molecule has 2 heterocycles. The molecule has 0 radical (unpaired) electrons. The molecule has 2 saturated heterocycles. The van der Waals surface area contributed by atoms with Crippen LogP contribution >= 0.6 is 23.2 Å². The summed E-state index contributed by atoms with van der Waals surface area (Å²) in [4.78, 5) is 30.6. The van der Waals surface area contributed by atoms with Gasteiger partial charge in [-0.25, -0.2) is 0 Å². The van der Waals surface area contributed by atoms with Crippen LogP contribution in [0.25, 0.3) is 0 Å². The van der Waals surface area contributed by atoms with E-state index in [1.807, 2.05) is 9.80 Å². The zero-order chi connectivity index (χ0) is 21.0. The SMILES string of the molecule is C=CC(=O)N1CCC(N2CCN(C(=O)CCc3cc(Cl)c(Cl)cc3OC)CC2)C1. The van der Waals surface area contributed by atoms with Crippen LogP contribution in [0.1, 0.15) is 18.4 Å². The highest BCUT2D eigenvalue weighted by molar-refractivity contribution is 6.42. The summed E-state index contributed by atoms with van der Waals surface area (Å²) in [7, 11) is 1.58. The van der Waals surface area contributed by atoms with Crippen molar-refractivity contribution in [1.29, 1.82) is 0 Å². The molecule has 8 heteroatoms. The Morgan fingerprint density at radius 2 is 1.83 bits per heavy atom. The van der Waals surface area contributed by atoms with Gasteiger partial charge in [0.15, 0.2) is 0 Å². The molecule has 1 aromatic rings. The van der Waals surface area contributed by atoms with Crippen molar-refractivity contribution in [2.75, 3.05) is 46.4 Å². The number of halogens is 2. The molecule has 0 N–H and O–H groups in total.